The fourth-order valence-electron chi connectivity index (χ4n) is 4.20. The van der Waals surface area contributed by atoms with E-state index in [-0.39, 0.29) is 17.5 Å². The topological polar surface area (TPSA) is 49.3 Å². The first kappa shape index (κ1) is 20.0. The summed E-state index contributed by atoms with van der Waals surface area (Å²) < 4.78 is 0.770. The number of aromatic carboxylic acids is 1. The van der Waals surface area contributed by atoms with Crippen LogP contribution in [0.4, 0.5) is 5.69 Å². The number of fused-ring (bicyclic) bond motifs is 1. The Morgan fingerprint density at radius 3 is 2.62 bits per heavy atom. The Hall–Kier alpha value is -2.30. The van der Waals surface area contributed by atoms with Crippen LogP contribution in [0, 0.1) is 13.8 Å². The third-order valence-electron chi connectivity index (χ3n) is 5.59. The van der Waals surface area contributed by atoms with Gasteiger partial charge in [-0.2, -0.15) is 0 Å². The van der Waals surface area contributed by atoms with Crippen molar-refractivity contribution in [3.8, 4) is 0 Å². The number of carbonyl (C=O) groups is 1. The normalized spacial score (nSPS) is 18.1. The van der Waals surface area contributed by atoms with Gasteiger partial charge in [0.25, 0.3) is 0 Å². The van der Waals surface area contributed by atoms with Crippen LogP contribution in [0.2, 0.25) is 5.02 Å². The number of nitrogens with one attached hydrogen (secondary N) is 1. The lowest BCUT2D eigenvalue weighted by molar-refractivity contribution is 0.0697. The summed E-state index contributed by atoms with van der Waals surface area (Å²) in [6, 6.07) is 17.9. The van der Waals surface area contributed by atoms with Gasteiger partial charge in [-0.05, 0) is 66.8 Å². The zero-order chi connectivity index (χ0) is 20.7. The Labute approximate surface area is 183 Å². The highest BCUT2D eigenvalue weighted by atomic mass is 79.9. The molecule has 0 radical (unpaired) electrons. The molecule has 1 aliphatic heterocycles. The van der Waals surface area contributed by atoms with Gasteiger partial charge < -0.3 is 10.4 Å². The van der Waals surface area contributed by atoms with Gasteiger partial charge in [-0.1, -0.05) is 63.4 Å². The maximum atomic E-state index is 12.0. The van der Waals surface area contributed by atoms with Crippen LogP contribution in [0.5, 0.6) is 0 Å². The van der Waals surface area contributed by atoms with Crippen LogP contribution in [0.1, 0.15) is 56.6 Å². The number of hydrogen-bond acceptors (Lipinski definition) is 2. The van der Waals surface area contributed by atoms with Crippen molar-refractivity contribution in [3.05, 3.63) is 97.5 Å². The highest BCUT2D eigenvalue weighted by Gasteiger charge is 2.32. The minimum Gasteiger partial charge on any atom is -0.478 e. The van der Waals surface area contributed by atoms with E-state index < -0.39 is 5.97 Å². The molecule has 0 spiro atoms. The summed E-state index contributed by atoms with van der Waals surface area (Å²) in [6.07, 6.45) is 0.813. The number of carboxylic acid groups (broad SMARTS) is 1. The predicted molar refractivity (Wildman–Crippen MR) is 121 cm³/mol. The lowest BCUT2D eigenvalue weighted by Crippen LogP contribution is -2.25. The molecule has 29 heavy (non-hydrogen) atoms. The summed E-state index contributed by atoms with van der Waals surface area (Å²) >= 11 is 9.74. The van der Waals surface area contributed by atoms with Gasteiger partial charge in [0, 0.05) is 15.4 Å². The van der Waals surface area contributed by atoms with E-state index >= 15 is 0 Å². The molecular formula is C24H21BrClNO2. The Balaban J connectivity index is 1.93. The van der Waals surface area contributed by atoms with E-state index in [1.54, 1.807) is 6.07 Å². The van der Waals surface area contributed by atoms with Gasteiger partial charge in [0.1, 0.15) is 0 Å². The molecule has 0 bridgehead atoms. The molecule has 1 aliphatic rings. The van der Waals surface area contributed by atoms with Crippen molar-refractivity contribution >= 4 is 39.2 Å². The molecule has 3 aromatic carbocycles. The zero-order valence-corrected chi connectivity index (χ0v) is 18.5. The Morgan fingerprint density at radius 2 is 1.90 bits per heavy atom. The van der Waals surface area contributed by atoms with Crippen LogP contribution in [0.25, 0.3) is 0 Å². The number of halogens is 2. The van der Waals surface area contributed by atoms with E-state index in [1.165, 1.54) is 16.7 Å². The van der Waals surface area contributed by atoms with E-state index in [2.05, 4.69) is 53.3 Å². The van der Waals surface area contributed by atoms with Crippen molar-refractivity contribution in [2.24, 2.45) is 0 Å². The SMILES string of the molecule is Cc1ccc(C)c(C2CC(c3cccc(Cl)c3)Nc3c(C(=O)O)cc(Br)cc32)c1. The standard InChI is InChI=1S/C24H21BrClNO2/c1-13-6-7-14(2)18(8-13)19-12-22(15-4-3-5-17(26)9-15)27-23-20(19)10-16(25)11-21(23)24(28)29/h3-11,19,22,27H,12H2,1-2H3,(H,28,29). The van der Waals surface area contributed by atoms with Crippen molar-refractivity contribution in [3.63, 3.8) is 0 Å². The molecule has 0 fully saturated rings. The molecule has 148 valence electrons. The number of aryl methyl sites for hydroxylation is 2. The Bertz CT molecular complexity index is 1110. The predicted octanol–water partition coefficient (Wildman–Crippen LogP) is 7.11. The van der Waals surface area contributed by atoms with Crippen molar-refractivity contribution in [2.75, 3.05) is 5.32 Å². The van der Waals surface area contributed by atoms with Gasteiger partial charge in [-0.25, -0.2) is 4.79 Å². The van der Waals surface area contributed by atoms with Gasteiger partial charge in [0.05, 0.1) is 17.3 Å². The van der Waals surface area contributed by atoms with Crippen LogP contribution in [-0.2, 0) is 0 Å². The Morgan fingerprint density at radius 1 is 1.10 bits per heavy atom. The minimum absolute atomic E-state index is 0.0367. The molecule has 4 rings (SSSR count). The number of hydrogen-bond donors (Lipinski definition) is 2. The first-order valence-electron chi connectivity index (χ1n) is 9.49. The summed E-state index contributed by atoms with van der Waals surface area (Å²) in [6.45, 7) is 4.20. The summed E-state index contributed by atoms with van der Waals surface area (Å²) in [5, 5.41) is 14.0. The van der Waals surface area contributed by atoms with E-state index in [1.807, 2.05) is 30.3 Å². The molecule has 2 unspecified atom stereocenters. The van der Waals surface area contributed by atoms with Crippen LogP contribution in [-0.4, -0.2) is 11.1 Å². The third-order valence-corrected chi connectivity index (χ3v) is 6.28. The average Bonchev–Trinajstić information content (AvgIpc) is 2.68. The molecule has 0 aliphatic carbocycles. The lowest BCUT2D eigenvalue weighted by atomic mass is 9.77. The first-order chi connectivity index (χ1) is 13.8. The second-order valence-corrected chi connectivity index (χ2v) is 8.98. The van der Waals surface area contributed by atoms with Gasteiger partial charge in [0.15, 0.2) is 0 Å². The molecule has 0 aromatic heterocycles. The second-order valence-electron chi connectivity index (χ2n) is 7.62. The summed E-state index contributed by atoms with van der Waals surface area (Å²) in [5.74, 6) is -0.868. The van der Waals surface area contributed by atoms with Crippen LogP contribution in [0.15, 0.2) is 59.1 Å². The summed E-state index contributed by atoms with van der Waals surface area (Å²) in [7, 11) is 0. The molecule has 3 nitrogen and oxygen atoms in total. The fourth-order valence-corrected chi connectivity index (χ4v) is 4.88. The lowest BCUT2D eigenvalue weighted by Gasteiger charge is -2.35. The molecule has 2 atom stereocenters. The van der Waals surface area contributed by atoms with Crippen molar-refractivity contribution in [1.29, 1.82) is 0 Å². The maximum Gasteiger partial charge on any atom is 0.337 e. The number of anilines is 1. The number of benzene rings is 3. The molecule has 0 saturated carbocycles. The van der Waals surface area contributed by atoms with Gasteiger partial charge in [0.2, 0.25) is 0 Å². The largest absolute Gasteiger partial charge is 0.478 e. The van der Waals surface area contributed by atoms with Crippen molar-refractivity contribution in [2.45, 2.75) is 32.2 Å². The monoisotopic (exact) mass is 469 g/mol. The summed E-state index contributed by atoms with van der Waals surface area (Å²) in [4.78, 5) is 12.0. The van der Waals surface area contributed by atoms with Crippen LogP contribution in [0.3, 0.4) is 0 Å². The van der Waals surface area contributed by atoms with Gasteiger partial charge in [-0.15, -0.1) is 0 Å². The van der Waals surface area contributed by atoms with E-state index in [0.717, 1.165) is 22.0 Å². The van der Waals surface area contributed by atoms with Crippen LogP contribution < -0.4 is 5.32 Å². The fraction of sp³-hybridized carbons (Fsp3) is 0.208. The minimum atomic E-state index is -0.943. The highest BCUT2D eigenvalue weighted by Crippen LogP contribution is 2.47. The molecule has 3 aromatic rings. The van der Waals surface area contributed by atoms with Crippen molar-refractivity contribution in [1.82, 2.24) is 0 Å². The zero-order valence-electron chi connectivity index (χ0n) is 16.2. The molecule has 2 N–H and O–H groups in total. The third kappa shape index (κ3) is 3.92. The quantitative estimate of drug-likeness (QED) is 0.429. The highest BCUT2D eigenvalue weighted by molar-refractivity contribution is 9.10. The van der Waals surface area contributed by atoms with Gasteiger partial charge in [-0.3, -0.25) is 0 Å². The molecule has 1 heterocycles. The molecule has 0 amide bonds. The summed E-state index contributed by atoms with van der Waals surface area (Å²) in [5.41, 5.74) is 6.64. The molecular weight excluding hydrogens is 450 g/mol. The van der Waals surface area contributed by atoms with E-state index in [9.17, 15) is 9.90 Å². The van der Waals surface area contributed by atoms with Crippen molar-refractivity contribution < 1.29 is 9.90 Å². The average molecular weight is 471 g/mol. The number of carboxylic acids is 1. The molecule has 0 saturated heterocycles. The second kappa shape index (κ2) is 7.85. The maximum absolute atomic E-state index is 12.0. The Kier molecular flexibility index (Phi) is 5.41. The number of rotatable bonds is 3. The van der Waals surface area contributed by atoms with E-state index in [4.69, 9.17) is 11.6 Å². The molecule has 5 heteroatoms. The van der Waals surface area contributed by atoms with Crippen LogP contribution >= 0.6 is 27.5 Å². The smallest absolute Gasteiger partial charge is 0.337 e. The van der Waals surface area contributed by atoms with Gasteiger partial charge >= 0.3 is 5.97 Å². The van der Waals surface area contributed by atoms with E-state index in [0.29, 0.717) is 10.7 Å². The first-order valence-corrected chi connectivity index (χ1v) is 10.7.